The molecule has 0 spiro atoms. The highest BCUT2D eigenvalue weighted by Gasteiger charge is 2.25. The van der Waals surface area contributed by atoms with Crippen molar-refractivity contribution in [2.75, 3.05) is 0 Å². The molecule has 1 aromatic carbocycles. The molecule has 2 aromatic heterocycles. The van der Waals surface area contributed by atoms with Gasteiger partial charge in [-0.25, -0.2) is 0 Å². The molecule has 0 aliphatic heterocycles. The first kappa shape index (κ1) is 18.6. The Hall–Kier alpha value is -3.22. The van der Waals surface area contributed by atoms with Gasteiger partial charge in [0.1, 0.15) is 6.04 Å². The van der Waals surface area contributed by atoms with E-state index in [1.54, 1.807) is 6.07 Å². The summed E-state index contributed by atoms with van der Waals surface area (Å²) < 4.78 is 1.82. The van der Waals surface area contributed by atoms with Crippen molar-refractivity contribution in [2.45, 2.75) is 33.4 Å². The van der Waals surface area contributed by atoms with Crippen LogP contribution in [-0.4, -0.2) is 32.5 Å². The summed E-state index contributed by atoms with van der Waals surface area (Å²) in [6.07, 6.45) is 1.84. The van der Waals surface area contributed by atoms with Crippen LogP contribution in [0.4, 0.5) is 0 Å². The molecule has 2 N–H and O–H groups in total. The quantitative estimate of drug-likeness (QED) is 0.700. The van der Waals surface area contributed by atoms with Crippen LogP contribution in [0.25, 0.3) is 5.65 Å². The number of fused-ring (bicyclic) bond motifs is 1. The summed E-state index contributed by atoms with van der Waals surface area (Å²) in [5.74, 6) is 0.0642. The van der Waals surface area contributed by atoms with Gasteiger partial charge in [-0.1, -0.05) is 38.1 Å². The number of carbonyl (C=O) groups is 2. The lowest BCUT2D eigenvalue weighted by Gasteiger charge is -2.22. The Balaban J connectivity index is 1.68. The Labute approximate surface area is 157 Å². The Morgan fingerprint density at radius 2 is 1.81 bits per heavy atom. The van der Waals surface area contributed by atoms with Crippen LogP contribution < -0.4 is 10.6 Å². The fraction of sp³-hybridized carbons (Fsp3) is 0.300. The van der Waals surface area contributed by atoms with Crippen molar-refractivity contribution in [3.63, 3.8) is 0 Å². The lowest BCUT2D eigenvalue weighted by Crippen LogP contribution is -2.49. The predicted octanol–water partition coefficient (Wildman–Crippen LogP) is 2.11. The molecule has 0 saturated carbocycles. The average molecular weight is 365 g/mol. The highest BCUT2D eigenvalue weighted by Crippen LogP contribution is 2.10. The summed E-state index contributed by atoms with van der Waals surface area (Å²) in [4.78, 5) is 25.3. The summed E-state index contributed by atoms with van der Waals surface area (Å²) in [6, 6.07) is 12.3. The second kappa shape index (κ2) is 7.99. The average Bonchev–Trinajstić information content (AvgIpc) is 3.07. The zero-order chi connectivity index (χ0) is 19.4. The Bertz CT molecular complexity index is 964. The van der Waals surface area contributed by atoms with Crippen LogP contribution in [0.15, 0.2) is 48.7 Å². The minimum absolute atomic E-state index is 0.0619. The fourth-order valence-corrected chi connectivity index (χ4v) is 2.87. The number of pyridine rings is 1. The van der Waals surface area contributed by atoms with Crippen LogP contribution in [0.1, 0.15) is 35.6 Å². The van der Waals surface area contributed by atoms with Gasteiger partial charge in [0.2, 0.25) is 5.91 Å². The van der Waals surface area contributed by atoms with E-state index in [4.69, 9.17) is 0 Å². The van der Waals surface area contributed by atoms with E-state index < -0.39 is 6.04 Å². The third-order valence-corrected chi connectivity index (χ3v) is 4.43. The molecule has 0 bridgehead atoms. The van der Waals surface area contributed by atoms with Crippen LogP contribution in [0, 0.1) is 12.8 Å². The van der Waals surface area contributed by atoms with Crippen LogP contribution >= 0.6 is 0 Å². The summed E-state index contributed by atoms with van der Waals surface area (Å²) in [6.45, 7) is 5.90. The highest BCUT2D eigenvalue weighted by molar-refractivity contribution is 5.98. The van der Waals surface area contributed by atoms with Gasteiger partial charge in [0.25, 0.3) is 5.91 Å². The molecule has 0 radical (unpaired) electrons. The number of carbonyl (C=O) groups excluding carboxylic acids is 2. The number of nitrogens with one attached hydrogen (secondary N) is 2. The van der Waals surface area contributed by atoms with E-state index in [9.17, 15) is 9.59 Å². The minimum atomic E-state index is -0.642. The Morgan fingerprint density at radius 3 is 2.56 bits per heavy atom. The molecule has 27 heavy (non-hydrogen) atoms. The first-order valence-corrected chi connectivity index (χ1v) is 8.90. The van der Waals surface area contributed by atoms with Gasteiger partial charge in [0, 0.05) is 11.8 Å². The molecule has 3 rings (SSSR count). The van der Waals surface area contributed by atoms with Crippen molar-refractivity contribution >= 4 is 17.5 Å². The molecule has 0 fully saturated rings. The number of aromatic nitrogens is 3. The van der Waals surface area contributed by atoms with Crippen molar-refractivity contribution in [2.24, 2.45) is 5.92 Å². The Morgan fingerprint density at radius 1 is 1.07 bits per heavy atom. The van der Waals surface area contributed by atoms with Crippen molar-refractivity contribution < 1.29 is 9.59 Å². The molecule has 3 aromatic rings. The maximum atomic E-state index is 12.7. The van der Waals surface area contributed by atoms with E-state index in [1.165, 1.54) is 0 Å². The third-order valence-electron chi connectivity index (χ3n) is 4.43. The van der Waals surface area contributed by atoms with E-state index in [0.29, 0.717) is 11.4 Å². The third kappa shape index (κ3) is 4.13. The van der Waals surface area contributed by atoms with Gasteiger partial charge >= 0.3 is 0 Å². The van der Waals surface area contributed by atoms with Gasteiger partial charge in [-0.05, 0) is 36.6 Å². The zero-order valence-electron chi connectivity index (χ0n) is 15.6. The van der Waals surface area contributed by atoms with Gasteiger partial charge in [-0.15, -0.1) is 10.2 Å². The molecule has 7 heteroatoms. The number of benzene rings is 1. The summed E-state index contributed by atoms with van der Waals surface area (Å²) >= 11 is 0. The van der Waals surface area contributed by atoms with Crippen molar-refractivity contribution in [1.29, 1.82) is 0 Å². The van der Waals surface area contributed by atoms with Gasteiger partial charge in [0.15, 0.2) is 11.5 Å². The number of hydrogen-bond donors (Lipinski definition) is 2. The molecule has 7 nitrogen and oxygen atoms in total. The molecule has 2 amide bonds. The lowest BCUT2D eigenvalue weighted by molar-refractivity contribution is -0.124. The van der Waals surface area contributed by atoms with Crippen LogP contribution in [-0.2, 0) is 11.3 Å². The SMILES string of the molecule is Cc1ccccc1C(=O)NC(C(=O)NCc1nnc2ccccn12)C(C)C. The molecular weight excluding hydrogens is 342 g/mol. The van der Waals surface area contributed by atoms with E-state index in [1.807, 2.05) is 67.8 Å². The Kier molecular flexibility index (Phi) is 5.49. The van der Waals surface area contributed by atoms with E-state index in [2.05, 4.69) is 20.8 Å². The smallest absolute Gasteiger partial charge is 0.252 e. The molecule has 2 heterocycles. The van der Waals surface area contributed by atoms with E-state index >= 15 is 0 Å². The number of rotatable bonds is 6. The summed E-state index contributed by atoms with van der Waals surface area (Å²) in [5.41, 5.74) is 2.15. The number of amides is 2. The predicted molar refractivity (Wildman–Crippen MR) is 102 cm³/mol. The topological polar surface area (TPSA) is 88.4 Å². The van der Waals surface area contributed by atoms with E-state index in [-0.39, 0.29) is 24.3 Å². The van der Waals surface area contributed by atoms with Gasteiger partial charge in [-0.3, -0.25) is 14.0 Å². The van der Waals surface area contributed by atoms with Gasteiger partial charge < -0.3 is 10.6 Å². The lowest BCUT2D eigenvalue weighted by atomic mass is 10.0. The van der Waals surface area contributed by atoms with Crippen molar-refractivity contribution in [1.82, 2.24) is 25.2 Å². The number of nitrogens with zero attached hydrogens (tertiary/aromatic N) is 3. The molecular formula is C20H23N5O2. The molecule has 0 saturated heterocycles. The fourth-order valence-electron chi connectivity index (χ4n) is 2.87. The molecule has 140 valence electrons. The first-order chi connectivity index (χ1) is 13.0. The molecule has 0 aliphatic rings. The molecule has 0 aliphatic carbocycles. The van der Waals surface area contributed by atoms with Crippen LogP contribution in [0.2, 0.25) is 0 Å². The van der Waals surface area contributed by atoms with Gasteiger partial charge in [-0.2, -0.15) is 0 Å². The van der Waals surface area contributed by atoms with Gasteiger partial charge in [0.05, 0.1) is 6.54 Å². The van der Waals surface area contributed by atoms with Crippen molar-refractivity contribution in [3.8, 4) is 0 Å². The highest BCUT2D eigenvalue weighted by atomic mass is 16.2. The van der Waals surface area contributed by atoms with Crippen molar-refractivity contribution in [3.05, 3.63) is 65.6 Å². The summed E-state index contributed by atoms with van der Waals surface area (Å²) in [5, 5.41) is 13.9. The second-order valence-corrected chi connectivity index (χ2v) is 6.77. The first-order valence-electron chi connectivity index (χ1n) is 8.90. The zero-order valence-corrected chi connectivity index (χ0v) is 15.6. The van der Waals surface area contributed by atoms with E-state index in [0.717, 1.165) is 11.2 Å². The van der Waals surface area contributed by atoms with Crippen LogP contribution in [0.3, 0.4) is 0 Å². The normalized spacial score (nSPS) is 12.1. The van der Waals surface area contributed by atoms with Crippen LogP contribution in [0.5, 0.6) is 0 Å². The largest absolute Gasteiger partial charge is 0.347 e. The monoisotopic (exact) mass is 365 g/mol. The second-order valence-electron chi connectivity index (χ2n) is 6.77. The molecule has 1 unspecified atom stereocenters. The standard InChI is InChI=1S/C20H23N5O2/c1-13(2)18(22-19(26)15-9-5-4-8-14(15)3)20(27)21-12-17-24-23-16-10-6-7-11-25(16)17/h4-11,13,18H,12H2,1-3H3,(H,21,27)(H,22,26). The summed E-state index contributed by atoms with van der Waals surface area (Å²) in [7, 11) is 0. The maximum Gasteiger partial charge on any atom is 0.252 e. The number of aryl methyl sites for hydroxylation is 1. The number of hydrogen-bond acceptors (Lipinski definition) is 4. The molecule has 1 atom stereocenters. The minimum Gasteiger partial charge on any atom is -0.347 e. The maximum absolute atomic E-state index is 12.7.